The molecule has 0 unspecified atom stereocenters. The summed E-state index contributed by atoms with van der Waals surface area (Å²) in [5.74, 6) is -0.878. The Morgan fingerprint density at radius 3 is 2.50 bits per heavy atom. The van der Waals surface area contributed by atoms with Gasteiger partial charge in [-0.15, -0.1) is 0 Å². The van der Waals surface area contributed by atoms with Gasteiger partial charge >= 0.3 is 5.97 Å². The zero-order chi connectivity index (χ0) is 14.5. The van der Waals surface area contributed by atoms with E-state index >= 15 is 0 Å². The number of nitrogens with two attached hydrogens (primary N) is 1. The number of ether oxygens (including phenoxy) is 2. The highest BCUT2D eigenvalue weighted by Crippen LogP contribution is 2.25. The molecule has 0 aliphatic rings. The maximum atomic E-state index is 13.5. The summed E-state index contributed by atoms with van der Waals surface area (Å²) in [7, 11) is 1.32. The van der Waals surface area contributed by atoms with Crippen LogP contribution < -0.4 is 10.5 Å². The fraction of sp³-hybridized carbons (Fsp3) is 0.133. The predicted octanol–water partition coefficient (Wildman–Crippen LogP) is 2.77. The number of methoxy groups -OCH3 is 1. The first-order chi connectivity index (χ1) is 9.61. The van der Waals surface area contributed by atoms with Crippen LogP contribution >= 0.6 is 0 Å². The summed E-state index contributed by atoms with van der Waals surface area (Å²) >= 11 is 0. The second-order valence-electron chi connectivity index (χ2n) is 4.14. The van der Waals surface area contributed by atoms with Crippen molar-refractivity contribution in [3.63, 3.8) is 0 Å². The van der Waals surface area contributed by atoms with E-state index < -0.39 is 11.8 Å². The van der Waals surface area contributed by atoms with Crippen LogP contribution in [0.3, 0.4) is 0 Å². The van der Waals surface area contributed by atoms with Crippen LogP contribution in [0.1, 0.15) is 15.9 Å². The molecule has 2 aromatic carbocycles. The number of hydrogen-bond acceptors (Lipinski definition) is 4. The first-order valence-electron chi connectivity index (χ1n) is 5.96. The molecule has 2 N–H and O–H groups in total. The van der Waals surface area contributed by atoms with Crippen molar-refractivity contribution in [1.82, 2.24) is 0 Å². The maximum absolute atomic E-state index is 13.5. The minimum Gasteiger partial charge on any atom is -0.484 e. The lowest BCUT2D eigenvalue weighted by Crippen LogP contribution is -2.03. The van der Waals surface area contributed by atoms with Crippen LogP contribution in [-0.2, 0) is 11.3 Å². The van der Waals surface area contributed by atoms with Crippen molar-refractivity contribution in [2.75, 3.05) is 12.8 Å². The number of rotatable bonds is 4. The van der Waals surface area contributed by atoms with Crippen molar-refractivity contribution < 1.29 is 18.7 Å². The summed E-state index contributed by atoms with van der Waals surface area (Å²) in [4.78, 5) is 11.3. The van der Waals surface area contributed by atoms with Crippen molar-refractivity contribution in [1.29, 1.82) is 0 Å². The van der Waals surface area contributed by atoms with Crippen LogP contribution in [0.5, 0.6) is 5.75 Å². The molecule has 0 amide bonds. The quantitative estimate of drug-likeness (QED) is 0.688. The number of carbonyl (C=O) groups excluding carboxylic acids is 1. The molecular weight excluding hydrogens is 261 g/mol. The molecule has 0 aromatic heterocycles. The Kier molecular flexibility index (Phi) is 4.20. The van der Waals surface area contributed by atoms with E-state index in [-0.39, 0.29) is 18.0 Å². The Balaban J connectivity index is 2.06. The summed E-state index contributed by atoms with van der Waals surface area (Å²) in [6.45, 7) is 0.159. The molecule has 0 bridgehead atoms. The van der Waals surface area contributed by atoms with Crippen molar-refractivity contribution in [3.05, 3.63) is 59.4 Å². The van der Waals surface area contributed by atoms with Gasteiger partial charge in [-0.2, -0.15) is 0 Å². The van der Waals surface area contributed by atoms with Crippen molar-refractivity contribution >= 4 is 11.7 Å². The largest absolute Gasteiger partial charge is 0.484 e. The number of para-hydroxylation sites is 1. The SMILES string of the molecule is COC(=O)c1ccc(COc2c(N)cccc2F)cc1. The molecule has 0 radical (unpaired) electrons. The van der Waals surface area contributed by atoms with Gasteiger partial charge in [-0.1, -0.05) is 18.2 Å². The smallest absolute Gasteiger partial charge is 0.337 e. The molecule has 2 aromatic rings. The molecule has 0 aliphatic heterocycles. The highest BCUT2D eigenvalue weighted by atomic mass is 19.1. The standard InChI is InChI=1S/C15H14FNO3/c1-19-15(18)11-7-5-10(6-8-11)9-20-14-12(16)3-2-4-13(14)17/h2-8H,9,17H2,1H3. The third kappa shape index (κ3) is 3.06. The van der Waals surface area contributed by atoms with E-state index in [0.717, 1.165) is 5.56 Å². The van der Waals surface area contributed by atoms with Gasteiger partial charge in [0.1, 0.15) is 6.61 Å². The van der Waals surface area contributed by atoms with E-state index in [1.54, 1.807) is 30.3 Å². The fourth-order valence-electron chi connectivity index (χ4n) is 1.69. The molecule has 5 heteroatoms. The van der Waals surface area contributed by atoms with Gasteiger partial charge in [-0.05, 0) is 29.8 Å². The van der Waals surface area contributed by atoms with Gasteiger partial charge in [-0.25, -0.2) is 9.18 Å². The number of nitrogen functional groups attached to an aromatic ring is 1. The van der Waals surface area contributed by atoms with Crippen LogP contribution in [0, 0.1) is 5.82 Å². The van der Waals surface area contributed by atoms with E-state index in [1.807, 2.05) is 0 Å². The fourth-order valence-corrected chi connectivity index (χ4v) is 1.69. The van der Waals surface area contributed by atoms with Gasteiger partial charge < -0.3 is 15.2 Å². The molecule has 0 fully saturated rings. The molecule has 104 valence electrons. The Labute approximate surface area is 115 Å². The number of halogens is 1. The monoisotopic (exact) mass is 275 g/mol. The van der Waals surface area contributed by atoms with E-state index in [9.17, 15) is 9.18 Å². The summed E-state index contributed by atoms with van der Waals surface area (Å²) in [5.41, 5.74) is 7.13. The highest BCUT2D eigenvalue weighted by molar-refractivity contribution is 5.89. The Hall–Kier alpha value is -2.56. The van der Waals surface area contributed by atoms with Crippen LogP contribution in [0.4, 0.5) is 10.1 Å². The average molecular weight is 275 g/mol. The molecule has 20 heavy (non-hydrogen) atoms. The zero-order valence-electron chi connectivity index (χ0n) is 10.9. The van der Waals surface area contributed by atoms with E-state index in [4.69, 9.17) is 10.5 Å². The molecule has 0 atom stereocenters. The number of anilines is 1. The lowest BCUT2D eigenvalue weighted by Gasteiger charge is -2.10. The third-order valence-electron chi connectivity index (χ3n) is 2.76. The third-order valence-corrected chi connectivity index (χ3v) is 2.76. The van der Waals surface area contributed by atoms with Crippen LogP contribution in [0.2, 0.25) is 0 Å². The first kappa shape index (κ1) is 13.9. The zero-order valence-corrected chi connectivity index (χ0v) is 10.9. The summed E-state index contributed by atoms with van der Waals surface area (Å²) < 4.78 is 23.5. The van der Waals surface area contributed by atoms with Crippen LogP contribution in [0.15, 0.2) is 42.5 Å². The Morgan fingerprint density at radius 1 is 1.20 bits per heavy atom. The van der Waals surface area contributed by atoms with E-state index in [1.165, 1.54) is 19.2 Å². The van der Waals surface area contributed by atoms with E-state index in [2.05, 4.69) is 4.74 Å². The molecule has 2 rings (SSSR count). The number of carbonyl (C=O) groups is 1. The average Bonchev–Trinajstić information content (AvgIpc) is 2.46. The lowest BCUT2D eigenvalue weighted by molar-refractivity contribution is 0.0600. The van der Waals surface area contributed by atoms with Gasteiger partial charge in [0.25, 0.3) is 0 Å². The van der Waals surface area contributed by atoms with Gasteiger partial charge in [0.15, 0.2) is 11.6 Å². The Bertz CT molecular complexity index is 591. The molecule has 0 saturated carbocycles. The first-order valence-corrected chi connectivity index (χ1v) is 5.96. The lowest BCUT2D eigenvalue weighted by atomic mass is 10.1. The molecule has 0 heterocycles. The molecule has 4 nitrogen and oxygen atoms in total. The number of esters is 1. The second-order valence-corrected chi connectivity index (χ2v) is 4.14. The normalized spacial score (nSPS) is 10.1. The second kappa shape index (κ2) is 6.06. The molecular formula is C15H14FNO3. The summed E-state index contributed by atoms with van der Waals surface area (Å²) in [5, 5.41) is 0. The molecule has 0 aliphatic carbocycles. The van der Waals surface area contributed by atoms with E-state index in [0.29, 0.717) is 5.56 Å². The number of benzene rings is 2. The van der Waals surface area contributed by atoms with Crippen molar-refractivity contribution in [3.8, 4) is 5.75 Å². The minimum absolute atomic E-state index is 0.0320. The van der Waals surface area contributed by atoms with Gasteiger partial charge in [0.2, 0.25) is 0 Å². The number of hydrogen-bond donors (Lipinski definition) is 1. The predicted molar refractivity (Wildman–Crippen MR) is 72.9 cm³/mol. The summed E-state index contributed by atoms with van der Waals surface area (Å²) in [6.07, 6.45) is 0. The minimum atomic E-state index is -0.504. The van der Waals surface area contributed by atoms with Gasteiger partial charge in [0.05, 0.1) is 18.4 Å². The molecule has 0 saturated heterocycles. The van der Waals surface area contributed by atoms with Crippen LogP contribution in [0.25, 0.3) is 0 Å². The molecule has 0 spiro atoms. The van der Waals surface area contributed by atoms with Crippen molar-refractivity contribution in [2.24, 2.45) is 0 Å². The van der Waals surface area contributed by atoms with Crippen molar-refractivity contribution in [2.45, 2.75) is 6.61 Å². The summed E-state index contributed by atoms with van der Waals surface area (Å²) in [6, 6.07) is 11.0. The topological polar surface area (TPSA) is 61.5 Å². The van der Waals surface area contributed by atoms with Gasteiger partial charge in [-0.3, -0.25) is 0 Å². The maximum Gasteiger partial charge on any atom is 0.337 e. The Morgan fingerprint density at radius 2 is 1.90 bits per heavy atom. The highest BCUT2D eigenvalue weighted by Gasteiger charge is 2.08. The van der Waals surface area contributed by atoms with Gasteiger partial charge in [0, 0.05) is 0 Å². The van der Waals surface area contributed by atoms with Crippen LogP contribution in [-0.4, -0.2) is 13.1 Å².